The second-order valence-corrected chi connectivity index (χ2v) is 7.04. The van der Waals surface area contributed by atoms with E-state index >= 15 is 0 Å². The first-order valence-corrected chi connectivity index (χ1v) is 8.37. The number of rotatable bonds is 7. The summed E-state index contributed by atoms with van der Waals surface area (Å²) in [4.78, 5) is 2.52. The number of hydrogen-bond acceptors (Lipinski definition) is 2. The van der Waals surface area contributed by atoms with Gasteiger partial charge in [-0.05, 0) is 64.6 Å². The summed E-state index contributed by atoms with van der Waals surface area (Å²) in [5.74, 6) is 1.74. The summed E-state index contributed by atoms with van der Waals surface area (Å²) in [5.41, 5.74) is 0.381. The molecule has 0 aromatic carbocycles. The molecule has 2 nitrogen and oxygen atoms in total. The Morgan fingerprint density at radius 1 is 1.21 bits per heavy atom. The molecule has 19 heavy (non-hydrogen) atoms. The number of likely N-dealkylation sites (N-methyl/N-ethyl adjacent to an activating group) is 2. The highest BCUT2D eigenvalue weighted by Gasteiger charge is 2.42. The number of nitrogens with zero attached hydrogens (tertiary/aromatic N) is 1. The van der Waals surface area contributed by atoms with Crippen molar-refractivity contribution in [1.82, 2.24) is 10.2 Å². The Morgan fingerprint density at radius 2 is 1.79 bits per heavy atom. The molecule has 114 valence electrons. The summed E-state index contributed by atoms with van der Waals surface area (Å²) in [6.45, 7) is 10.5. The normalized spacial score (nSPS) is 31.4. The molecule has 1 N–H and O–H groups in total. The number of hydrogen-bond donors (Lipinski definition) is 1. The van der Waals surface area contributed by atoms with Crippen LogP contribution in [-0.4, -0.2) is 37.1 Å². The number of nitrogens with one attached hydrogen (secondary N) is 1. The van der Waals surface area contributed by atoms with Gasteiger partial charge in [0.25, 0.3) is 0 Å². The van der Waals surface area contributed by atoms with E-state index in [1.54, 1.807) is 0 Å². The van der Waals surface area contributed by atoms with Crippen molar-refractivity contribution in [1.29, 1.82) is 0 Å². The zero-order chi connectivity index (χ0) is 14.5. The standard InChI is InChI=1S/C17H36N2/c1-7-14(3)13-16(18-8-2)17(19(5)6)11-9-15(4)10-12-17/h14-16,18H,7-13H2,1-6H3. The van der Waals surface area contributed by atoms with Gasteiger partial charge in [-0.15, -0.1) is 0 Å². The molecule has 0 saturated heterocycles. The van der Waals surface area contributed by atoms with Crippen LogP contribution in [0.2, 0.25) is 0 Å². The van der Waals surface area contributed by atoms with Crippen LogP contribution in [0.1, 0.15) is 66.2 Å². The molecule has 1 aliphatic rings. The SMILES string of the molecule is CCNC(CC(C)CC)C1(N(C)C)CCC(C)CC1. The third kappa shape index (κ3) is 4.19. The summed E-state index contributed by atoms with van der Waals surface area (Å²) >= 11 is 0. The highest BCUT2D eigenvalue weighted by Crippen LogP contribution is 2.39. The van der Waals surface area contributed by atoms with Crippen molar-refractivity contribution >= 4 is 0 Å². The molecule has 0 bridgehead atoms. The molecule has 2 heteroatoms. The first-order chi connectivity index (χ1) is 8.96. The van der Waals surface area contributed by atoms with Crippen molar-refractivity contribution < 1.29 is 0 Å². The van der Waals surface area contributed by atoms with Gasteiger partial charge in [0.15, 0.2) is 0 Å². The van der Waals surface area contributed by atoms with Crippen LogP contribution >= 0.6 is 0 Å². The lowest BCUT2D eigenvalue weighted by Crippen LogP contribution is -2.60. The van der Waals surface area contributed by atoms with E-state index in [9.17, 15) is 0 Å². The molecule has 0 heterocycles. The highest BCUT2D eigenvalue weighted by atomic mass is 15.2. The van der Waals surface area contributed by atoms with E-state index in [0.29, 0.717) is 11.6 Å². The maximum Gasteiger partial charge on any atom is 0.0356 e. The lowest BCUT2D eigenvalue weighted by molar-refractivity contribution is 0.0356. The average Bonchev–Trinajstić information content (AvgIpc) is 2.39. The van der Waals surface area contributed by atoms with Gasteiger partial charge in [-0.25, -0.2) is 0 Å². The fourth-order valence-electron chi connectivity index (χ4n) is 3.68. The van der Waals surface area contributed by atoms with E-state index in [1.807, 2.05) is 0 Å². The van der Waals surface area contributed by atoms with Gasteiger partial charge >= 0.3 is 0 Å². The molecule has 0 aromatic rings. The summed E-state index contributed by atoms with van der Waals surface area (Å²) in [6, 6.07) is 0.648. The largest absolute Gasteiger partial charge is 0.312 e. The van der Waals surface area contributed by atoms with Crippen LogP contribution in [0.25, 0.3) is 0 Å². The van der Waals surface area contributed by atoms with Gasteiger partial charge in [-0.3, -0.25) is 0 Å². The Hall–Kier alpha value is -0.0800. The predicted octanol–water partition coefficient (Wildman–Crippen LogP) is 3.91. The van der Waals surface area contributed by atoms with Crippen molar-refractivity contribution in [2.24, 2.45) is 11.8 Å². The summed E-state index contributed by atoms with van der Waals surface area (Å²) < 4.78 is 0. The lowest BCUT2D eigenvalue weighted by atomic mass is 9.70. The summed E-state index contributed by atoms with van der Waals surface area (Å²) in [6.07, 6.45) is 8.10. The first-order valence-electron chi connectivity index (χ1n) is 8.37. The zero-order valence-corrected chi connectivity index (χ0v) is 14.1. The van der Waals surface area contributed by atoms with Crippen molar-refractivity contribution in [3.63, 3.8) is 0 Å². The minimum Gasteiger partial charge on any atom is -0.312 e. The third-order valence-electron chi connectivity index (χ3n) is 5.46. The molecule has 1 aliphatic carbocycles. The Balaban J connectivity index is 2.85. The van der Waals surface area contributed by atoms with Gasteiger partial charge in [0.1, 0.15) is 0 Å². The van der Waals surface area contributed by atoms with E-state index in [0.717, 1.165) is 18.4 Å². The van der Waals surface area contributed by atoms with Crippen molar-refractivity contribution in [3.05, 3.63) is 0 Å². The van der Waals surface area contributed by atoms with Gasteiger partial charge in [0, 0.05) is 11.6 Å². The van der Waals surface area contributed by atoms with Gasteiger partial charge in [0.2, 0.25) is 0 Å². The van der Waals surface area contributed by atoms with Crippen LogP contribution in [-0.2, 0) is 0 Å². The molecule has 0 radical (unpaired) electrons. The maximum atomic E-state index is 3.81. The van der Waals surface area contributed by atoms with E-state index in [1.165, 1.54) is 38.5 Å². The van der Waals surface area contributed by atoms with Crippen LogP contribution in [0.15, 0.2) is 0 Å². The minimum atomic E-state index is 0.381. The molecule has 2 atom stereocenters. The third-order valence-corrected chi connectivity index (χ3v) is 5.46. The zero-order valence-electron chi connectivity index (χ0n) is 14.1. The second kappa shape index (κ2) is 7.64. The molecule has 0 aliphatic heterocycles. The Bertz CT molecular complexity index is 242. The average molecular weight is 268 g/mol. The molecule has 0 spiro atoms. The molecular weight excluding hydrogens is 232 g/mol. The fourth-order valence-corrected chi connectivity index (χ4v) is 3.68. The topological polar surface area (TPSA) is 15.3 Å². The van der Waals surface area contributed by atoms with E-state index < -0.39 is 0 Å². The predicted molar refractivity (Wildman–Crippen MR) is 85.6 cm³/mol. The Labute approximate surface area is 121 Å². The highest BCUT2D eigenvalue weighted by molar-refractivity contribution is 5.01. The Kier molecular flexibility index (Phi) is 6.82. The molecule has 1 saturated carbocycles. The van der Waals surface area contributed by atoms with Crippen LogP contribution < -0.4 is 5.32 Å². The van der Waals surface area contributed by atoms with E-state index in [4.69, 9.17) is 0 Å². The summed E-state index contributed by atoms with van der Waals surface area (Å²) in [7, 11) is 4.58. The van der Waals surface area contributed by atoms with Gasteiger partial charge in [-0.2, -0.15) is 0 Å². The summed E-state index contributed by atoms with van der Waals surface area (Å²) in [5, 5.41) is 3.81. The van der Waals surface area contributed by atoms with Crippen LogP contribution in [0.3, 0.4) is 0 Å². The molecular formula is C17H36N2. The van der Waals surface area contributed by atoms with Gasteiger partial charge < -0.3 is 10.2 Å². The van der Waals surface area contributed by atoms with Crippen LogP contribution in [0.4, 0.5) is 0 Å². The Morgan fingerprint density at radius 3 is 2.21 bits per heavy atom. The lowest BCUT2D eigenvalue weighted by Gasteiger charge is -2.50. The first kappa shape index (κ1) is 17.0. The van der Waals surface area contributed by atoms with Crippen molar-refractivity contribution in [3.8, 4) is 0 Å². The second-order valence-electron chi connectivity index (χ2n) is 7.04. The van der Waals surface area contributed by atoms with E-state index in [2.05, 4.69) is 52.0 Å². The van der Waals surface area contributed by atoms with Crippen LogP contribution in [0.5, 0.6) is 0 Å². The van der Waals surface area contributed by atoms with Gasteiger partial charge in [-0.1, -0.05) is 34.1 Å². The quantitative estimate of drug-likeness (QED) is 0.753. The van der Waals surface area contributed by atoms with Crippen LogP contribution in [0, 0.1) is 11.8 Å². The van der Waals surface area contributed by atoms with E-state index in [-0.39, 0.29) is 0 Å². The van der Waals surface area contributed by atoms with Gasteiger partial charge in [0.05, 0.1) is 0 Å². The molecule has 0 amide bonds. The maximum absolute atomic E-state index is 3.81. The smallest absolute Gasteiger partial charge is 0.0356 e. The van der Waals surface area contributed by atoms with Crippen molar-refractivity contribution in [2.45, 2.75) is 77.8 Å². The molecule has 0 aromatic heterocycles. The minimum absolute atomic E-state index is 0.381. The molecule has 1 fully saturated rings. The van der Waals surface area contributed by atoms with Crippen molar-refractivity contribution in [2.75, 3.05) is 20.6 Å². The molecule has 1 rings (SSSR count). The monoisotopic (exact) mass is 268 g/mol. The molecule has 2 unspecified atom stereocenters. The fraction of sp³-hybridized carbons (Fsp3) is 1.00.